The van der Waals surface area contributed by atoms with E-state index in [-0.39, 0.29) is 22.6 Å². The molecule has 3 heterocycles. The number of urea groups is 1. The largest absolute Gasteiger partial charge is 0.457 e. The number of carbonyl (C=O) groups excluding carboxylic acids is 2. The maximum atomic E-state index is 15.0. The number of amides is 2. The summed E-state index contributed by atoms with van der Waals surface area (Å²) in [5.41, 5.74) is 2.44. The quantitative estimate of drug-likeness (QED) is 0.173. The van der Waals surface area contributed by atoms with Crippen LogP contribution in [0.1, 0.15) is 68.2 Å². The number of Topliss-reactive ketones (excluding diaryl/α,β-unsaturated/α-hetero) is 1. The number of nitrogens with one attached hydrogen (secondary N) is 3. The Morgan fingerprint density at radius 1 is 1.02 bits per heavy atom. The summed E-state index contributed by atoms with van der Waals surface area (Å²) in [6, 6.07) is 16.1. The summed E-state index contributed by atoms with van der Waals surface area (Å²) in [4.78, 5) is 30.3. The molecule has 2 aromatic heterocycles. The first kappa shape index (κ1) is 30.9. The van der Waals surface area contributed by atoms with Gasteiger partial charge in [-0.2, -0.15) is 5.10 Å². The molecule has 2 amide bonds. The minimum absolute atomic E-state index is 0.00999. The van der Waals surface area contributed by atoms with Gasteiger partial charge in [0.1, 0.15) is 23.1 Å². The van der Waals surface area contributed by atoms with Gasteiger partial charge >= 0.3 is 6.03 Å². The average Bonchev–Trinajstić information content (AvgIpc) is 3.42. The third-order valence-corrected chi connectivity index (χ3v) is 7.66. The Balaban J connectivity index is 1.31. The molecule has 1 aliphatic rings. The van der Waals surface area contributed by atoms with Gasteiger partial charge in [-0.05, 0) is 75.5 Å². The van der Waals surface area contributed by atoms with E-state index < -0.39 is 11.8 Å². The molecule has 1 aliphatic heterocycles. The van der Waals surface area contributed by atoms with Crippen molar-refractivity contribution in [2.24, 2.45) is 5.92 Å². The Labute approximate surface area is 257 Å². The molecule has 0 atom stereocenters. The number of nitrogens with zero attached hydrogens (tertiary/aromatic N) is 3. The molecular weight excluding hydrogens is 559 g/mol. The normalized spacial score (nSPS) is 13.8. The van der Waals surface area contributed by atoms with Crippen LogP contribution in [-0.2, 0) is 5.41 Å². The molecule has 3 N–H and O–H groups in total. The molecule has 0 spiro atoms. The highest BCUT2D eigenvalue weighted by Crippen LogP contribution is 2.29. The third kappa shape index (κ3) is 7.87. The maximum absolute atomic E-state index is 15.0. The number of piperidine rings is 1. The molecule has 230 valence electrons. The molecule has 0 unspecified atom stereocenters. The van der Waals surface area contributed by atoms with E-state index in [0.29, 0.717) is 35.2 Å². The number of ether oxygens (including phenoxy) is 1. The van der Waals surface area contributed by atoms with Crippen LogP contribution in [0.3, 0.4) is 0 Å². The molecule has 1 fully saturated rings. The van der Waals surface area contributed by atoms with Crippen molar-refractivity contribution in [1.29, 1.82) is 0 Å². The molecule has 0 aliphatic carbocycles. The highest BCUT2D eigenvalue weighted by atomic mass is 19.1. The van der Waals surface area contributed by atoms with Gasteiger partial charge in [0.05, 0.1) is 17.1 Å². The van der Waals surface area contributed by atoms with Gasteiger partial charge in [-0.1, -0.05) is 32.9 Å². The van der Waals surface area contributed by atoms with Crippen LogP contribution in [0.15, 0.2) is 66.9 Å². The standard InChI is InChI=1S/C34H39FN6O3/c1-22-18-27(14-17-37-22)44-26-9-10-29(28(35)20-26)38-33(43)39-32-21-31(34(2,3)4)40-41(32)25-7-5-6-24(19-25)30(42)11-8-23-12-15-36-16-13-23/h5-7,9-10,14,17-21,23,36H,8,11-13,15-16H2,1-4H3,(H2,38,39,43). The van der Waals surface area contributed by atoms with Crippen LogP contribution in [0, 0.1) is 18.7 Å². The van der Waals surface area contributed by atoms with Gasteiger partial charge < -0.3 is 15.4 Å². The van der Waals surface area contributed by atoms with Gasteiger partial charge in [0, 0.05) is 47.5 Å². The van der Waals surface area contributed by atoms with Gasteiger partial charge in [-0.25, -0.2) is 13.9 Å². The first-order valence-corrected chi connectivity index (χ1v) is 15.0. The molecule has 0 radical (unpaired) electrons. The maximum Gasteiger partial charge on any atom is 0.324 e. The number of benzene rings is 2. The van der Waals surface area contributed by atoms with Crippen molar-refractivity contribution < 1.29 is 18.7 Å². The lowest BCUT2D eigenvalue weighted by Gasteiger charge is -2.22. The van der Waals surface area contributed by atoms with Crippen molar-refractivity contribution in [2.45, 2.75) is 58.8 Å². The Hall–Kier alpha value is -4.57. The van der Waals surface area contributed by atoms with Crippen LogP contribution < -0.4 is 20.7 Å². The number of carbonyl (C=O) groups is 2. The summed E-state index contributed by atoms with van der Waals surface area (Å²) in [6.45, 7) is 9.92. The van der Waals surface area contributed by atoms with Crippen molar-refractivity contribution in [2.75, 3.05) is 23.7 Å². The van der Waals surface area contributed by atoms with Crippen molar-refractivity contribution >= 4 is 23.3 Å². The van der Waals surface area contributed by atoms with Crippen molar-refractivity contribution in [3.05, 3.63) is 89.6 Å². The van der Waals surface area contributed by atoms with Gasteiger partial charge in [-0.15, -0.1) is 0 Å². The van der Waals surface area contributed by atoms with Crippen LogP contribution in [-0.4, -0.2) is 39.7 Å². The van der Waals surface area contributed by atoms with Gasteiger partial charge in [0.15, 0.2) is 5.78 Å². The van der Waals surface area contributed by atoms with Crippen LogP contribution in [0.2, 0.25) is 0 Å². The van der Waals surface area contributed by atoms with Gasteiger partial charge in [0.2, 0.25) is 0 Å². The van der Waals surface area contributed by atoms with Crippen molar-refractivity contribution in [3.63, 3.8) is 0 Å². The smallest absolute Gasteiger partial charge is 0.324 e. The molecule has 44 heavy (non-hydrogen) atoms. The number of aromatic nitrogens is 3. The predicted molar refractivity (Wildman–Crippen MR) is 170 cm³/mol. The number of pyridine rings is 1. The first-order chi connectivity index (χ1) is 21.0. The second-order valence-corrected chi connectivity index (χ2v) is 12.2. The summed E-state index contributed by atoms with van der Waals surface area (Å²) in [6.07, 6.45) is 5.18. The van der Waals surface area contributed by atoms with E-state index >= 15 is 0 Å². The Morgan fingerprint density at radius 3 is 2.52 bits per heavy atom. The second kappa shape index (κ2) is 13.4. The zero-order chi connectivity index (χ0) is 31.3. The van der Waals surface area contributed by atoms with Gasteiger partial charge in [-0.3, -0.25) is 15.1 Å². The van der Waals surface area contributed by atoms with E-state index in [2.05, 4.69) is 20.9 Å². The van der Waals surface area contributed by atoms with Crippen LogP contribution >= 0.6 is 0 Å². The summed E-state index contributed by atoms with van der Waals surface area (Å²) in [7, 11) is 0. The number of rotatable bonds is 9. The first-order valence-electron chi connectivity index (χ1n) is 15.0. The van der Waals surface area contributed by atoms with E-state index in [1.807, 2.05) is 45.9 Å². The molecule has 0 bridgehead atoms. The fourth-order valence-electron chi connectivity index (χ4n) is 5.14. The minimum atomic E-state index is -0.650. The van der Waals surface area contributed by atoms with Crippen molar-refractivity contribution in [1.82, 2.24) is 20.1 Å². The monoisotopic (exact) mass is 598 g/mol. The summed E-state index contributed by atoms with van der Waals surface area (Å²) < 4.78 is 22.3. The molecule has 10 heteroatoms. The SMILES string of the molecule is Cc1cc(Oc2ccc(NC(=O)Nc3cc(C(C)(C)C)nn3-c3cccc(C(=O)CCC4CCNCC4)c3)c(F)c2)ccn1. The minimum Gasteiger partial charge on any atom is -0.457 e. The number of hydrogen-bond acceptors (Lipinski definition) is 6. The second-order valence-electron chi connectivity index (χ2n) is 12.2. The van der Waals surface area contributed by atoms with E-state index in [0.717, 1.165) is 43.7 Å². The summed E-state index contributed by atoms with van der Waals surface area (Å²) in [5, 5.41) is 13.5. The highest BCUT2D eigenvalue weighted by molar-refractivity contribution is 6.00. The zero-order valence-electron chi connectivity index (χ0n) is 25.6. The molecule has 5 rings (SSSR count). The Bertz CT molecular complexity index is 1640. The predicted octanol–water partition coefficient (Wildman–Crippen LogP) is 7.41. The molecule has 2 aromatic carbocycles. The summed E-state index contributed by atoms with van der Waals surface area (Å²) in [5.74, 6) is 1.21. The number of hydrogen-bond donors (Lipinski definition) is 3. The molecular formula is C34H39FN6O3. The number of halogens is 1. The summed E-state index contributed by atoms with van der Waals surface area (Å²) >= 11 is 0. The molecule has 0 saturated carbocycles. The zero-order valence-corrected chi connectivity index (χ0v) is 25.6. The van der Waals surface area contributed by atoms with E-state index in [1.54, 1.807) is 41.2 Å². The van der Waals surface area contributed by atoms with E-state index in [1.165, 1.54) is 12.1 Å². The fraction of sp³-hybridized carbons (Fsp3) is 0.353. The lowest BCUT2D eigenvalue weighted by Crippen LogP contribution is -2.28. The topological polar surface area (TPSA) is 110 Å². The van der Waals surface area contributed by atoms with Crippen molar-refractivity contribution in [3.8, 4) is 17.2 Å². The lowest BCUT2D eigenvalue weighted by molar-refractivity contribution is 0.0970. The van der Waals surface area contributed by atoms with Gasteiger partial charge in [0.25, 0.3) is 0 Å². The van der Waals surface area contributed by atoms with E-state index in [9.17, 15) is 14.0 Å². The lowest BCUT2D eigenvalue weighted by atomic mass is 9.91. The average molecular weight is 599 g/mol. The molecule has 1 saturated heterocycles. The molecule has 4 aromatic rings. The molecule has 9 nitrogen and oxygen atoms in total. The highest BCUT2D eigenvalue weighted by Gasteiger charge is 2.23. The van der Waals surface area contributed by atoms with Crippen LogP contribution in [0.25, 0.3) is 5.69 Å². The number of ketones is 1. The fourth-order valence-corrected chi connectivity index (χ4v) is 5.14. The number of anilines is 2. The Kier molecular flexibility index (Phi) is 9.39. The van der Waals surface area contributed by atoms with Crippen LogP contribution in [0.5, 0.6) is 11.5 Å². The third-order valence-electron chi connectivity index (χ3n) is 7.66. The van der Waals surface area contributed by atoms with E-state index in [4.69, 9.17) is 9.84 Å². The van der Waals surface area contributed by atoms with Crippen LogP contribution in [0.4, 0.5) is 20.7 Å². The number of aryl methyl sites for hydroxylation is 1. The Morgan fingerprint density at radius 2 is 1.80 bits per heavy atom.